The topological polar surface area (TPSA) is 71.0 Å². The van der Waals surface area contributed by atoms with E-state index in [9.17, 15) is 4.91 Å². The van der Waals surface area contributed by atoms with Gasteiger partial charge in [-0.05, 0) is 12.1 Å². The number of nitrogens with zero attached hydrogens (tertiary/aromatic N) is 4. The Morgan fingerprint density at radius 3 is 2.64 bits per heavy atom. The molecule has 1 aromatic heterocycles. The van der Waals surface area contributed by atoms with Crippen LogP contribution in [0.5, 0.6) is 0 Å². The van der Waals surface area contributed by atoms with E-state index in [0.29, 0.717) is 5.69 Å². The first-order valence-corrected chi connectivity index (χ1v) is 2.97. The molecule has 0 aromatic carbocycles. The third-order valence-corrected chi connectivity index (χ3v) is 1.54. The lowest BCUT2D eigenvalue weighted by molar-refractivity contribution is 0.854. The highest BCUT2D eigenvalue weighted by atomic mass is 16.3. The molecule has 11 heavy (non-hydrogen) atoms. The average molecular weight is 150 g/mol. The van der Waals surface area contributed by atoms with Crippen molar-refractivity contribution in [2.45, 2.75) is 6.92 Å². The Kier molecular flexibility index (Phi) is 1.68. The van der Waals surface area contributed by atoms with Crippen LogP contribution >= 0.6 is 0 Å². The van der Waals surface area contributed by atoms with Gasteiger partial charge in [-0.3, -0.25) is 0 Å². The van der Waals surface area contributed by atoms with E-state index < -0.39 is 0 Å². The highest BCUT2D eigenvalue weighted by Crippen LogP contribution is 2.16. The Bertz CT molecular complexity index is 333. The Balaban J connectivity index is 3.37. The van der Waals surface area contributed by atoms with Crippen LogP contribution in [-0.2, 0) is 7.05 Å². The van der Waals surface area contributed by atoms with Gasteiger partial charge >= 0.3 is 0 Å². The van der Waals surface area contributed by atoms with Gasteiger partial charge in [0.1, 0.15) is 6.07 Å². The molecule has 1 heterocycles. The number of nitriles is 1. The maximum atomic E-state index is 10.1. The van der Waals surface area contributed by atoms with E-state index in [4.69, 9.17) is 5.26 Å². The summed E-state index contributed by atoms with van der Waals surface area (Å²) in [4.78, 5) is 13.7. The standard InChI is InChI=1S/C6H6N4O/c1-4-6(9-11)8-5(3-7)10(4)2/h1-2H3. The number of aromatic nitrogens is 2. The van der Waals surface area contributed by atoms with Gasteiger partial charge in [-0.2, -0.15) is 10.2 Å². The van der Waals surface area contributed by atoms with Crippen LogP contribution in [0.4, 0.5) is 5.82 Å². The molecule has 0 saturated carbocycles. The zero-order valence-corrected chi connectivity index (χ0v) is 6.20. The van der Waals surface area contributed by atoms with Crippen molar-refractivity contribution in [2.75, 3.05) is 0 Å². The third-order valence-electron chi connectivity index (χ3n) is 1.54. The molecule has 0 fully saturated rings. The fraction of sp³-hybridized carbons (Fsp3) is 0.333. The van der Waals surface area contributed by atoms with Crippen molar-refractivity contribution < 1.29 is 0 Å². The Morgan fingerprint density at radius 1 is 1.73 bits per heavy atom. The molecule has 0 amide bonds. The van der Waals surface area contributed by atoms with Gasteiger partial charge < -0.3 is 4.57 Å². The van der Waals surface area contributed by atoms with Crippen LogP contribution in [0.1, 0.15) is 11.5 Å². The summed E-state index contributed by atoms with van der Waals surface area (Å²) in [5.41, 5.74) is 0.608. The van der Waals surface area contributed by atoms with Crippen LogP contribution in [0.25, 0.3) is 0 Å². The lowest BCUT2D eigenvalue weighted by Gasteiger charge is -1.92. The second-order valence-electron chi connectivity index (χ2n) is 2.11. The van der Waals surface area contributed by atoms with Gasteiger partial charge in [0.2, 0.25) is 11.6 Å². The fourth-order valence-electron chi connectivity index (χ4n) is 0.752. The van der Waals surface area contributed by atoms with Gasteiger partial charge in [0.15, 0.2) is 0 Å². The van der Waals surface area contributed by atoms with E-state index in [-0.39, 0.29) is 11.6 Å². The highest BCUT2D eigenvalue weighted by molar-refractivity contribution is 5.37. The summed E-state index contributed by atoms with van der Waals surface area (Å²) < 4.78 is 1.52. The summed E-state index contributed by atoms with van der Waals surface area (Å²) in [6.45, 7) is 1.69. The monoisotopic (exact) mass is 150 g/mol. The second-order valence-corrected chi connectivity index (χ2v) is 2.11. The van der Waals surface area contributed by atoms with Crippen molar-refractivity contribution in [3.8, 4) is 6.07 Å². The van der Waals surface area contributed by atoms with E-state index in [1.807, 2.05) is 6.07 Å². The number of hydrogen-bond acceptors (Lipinski definition) is 4. The van der Waals surface area contributed by atoms with Crippen molar-refractivity contribution in [1.82, 2.24) is 9.55 Å². The van der Waals surface area contributed by atoms with E-state index >= 15 is 0 Å². The molecule has 0 N–H and O–H groups in total. The molecular weight excluding hydrogens is 144 g/mol. The molecule has 5 nitrogen and oxygen atoms in total. The minimum absolute atomic E-state index is 0.0871. The van der Waals surface area contributed by atoms with Crippen molar-refractivity contribution in [3.05, 3.63) is 16.4 Å². The molecule has 0 atom stereocenters. The normalized spacial score (nSPS) is 9.18. The number of rotatable bonds is 1. The van der Waals surface area contributed by atoms with E-state index in [0.717, 1.165) is 0 Å². The molecule has 5 heteroatoms. The first-order valence-electron chi connectivity index (χ1n) is 2.97. The molecule has 0 saturated heterocycles. The number of imidazole rings is 1. The van der Waals surface area contributed by atoms with Crippen LogP contribution in [-0.4, -0.2) is 9.55 Å². The van der Waals surface area contributed by atoms with Crippen LogP contribution < -0.4 is 0 Å². The molecule has 1 rings (SSSR count). The molecule has 1 aromatic rings. The quantitative estimate of drug-likeness (QED) is 0.560. The summed E-state index contributed by atoms with van der Waals surface area (Å²) in [5.74, 6) is 0.293. The van der Waals surface area contributed by atoms with Crippen molar-refractivity contribution >= 4 is 5.82 Å². The minimum Gasteiger partial charge on any atom is -0.321 e. The van der Waals surface area contributed by atoms with Gasteiger partial charge in [0, 0.05) is 7.05 Å². The fourth-order valence-corrected chi connectivity index (χ4v) is 0.752. The molecule has 0 aliphatic heterocycles. The average Bonchev–Trinajstić information content (AvgIpc) is 2.30. The van der Waals surface area contributed by atoms with Crippen molar-refractivity contribution in [3.63, 3.8) is 0 Å². The van der Waals surface area contributed by atoms with E-state index in [1.54, 1.807) is 14.0 Å². The van der Waals surface area contributed by atoms with Crippen molar-refractivity contribution in [1.29, 1.82) is 5.26 Å². The first-order chi connectivity index (χ1) is 5.20. The Labute approximate surface area is 63.3 Å². The predicted molar refractivity (Wildman–Crippen MR) is 38.1 cm³/mol. The molecule has 0 unspecified atom stereocenters. The SMILES string of the molecule is Cc1c(N=O)nc(C#N)n1C. The summed E-state index contributed by atoms with van der Waals surface area (Å²) >= 11 is 0. The van der Waals surface area contributed by atoms with Crippen LogP contribution in [0, 0.1) is 23.2 Å². The zero-order valence-electron chi connectivity index (χ0n) is 6.20. The molecule has 0 bridgehead atoms. The van der Waals surface area contributed by atoms with E-state index in [1.165, 1.54) is 4.57 Å². The van der Waals surface area contributed by atoms with Gasteiger partial charge in [-0.15, -0.1) is 4.91 Å². The second kappa shape index (κ2) is 2.50. The van der Waals surface area contributed by atoms with Gasteiger partial charge in [-0.25, -0.2) is 0 Å². The maximum Gasteiger partial charge on any atom is 0.218 e. The smallest absolute Gasteiger partial charge is 0.218 e. The third kappa shape index (κ3) is 0.984. The number of nitroso groups, excluding NO2 is 1. The van der Waals surface area contributed by atoms with E-state index in [2.05, 4.69) is 10.2 Å². The summed E-state index contributed by atoms with van der Waals surface area (Å²) in [5, 5.41) is 11.1. The van der Waals surface area contributed by atoms with Crippen LogP contribution in [0.3, 0.4) is 0 Å². The first kappa shape index (κ1) is 7.41. The predicted octanol–water partition coefficient (Wildman–Crippen LogP) is 0.998. The largest absolute Gasteiger partial charge is 0.321 e. The lowest BCUT2D eigenvalue weighted by Crippen LogP contribution is -1.93. The highest BCUT2D eigenvalue weighted by Gasteiger charge is 2.09. The van der Waals surface area contributed by atoms with Crippen LogP contribution in [0.15, 0.2) is 5.18 Å². The zero-order chi connectivity index (χ0) is 8.43. The molecule has 0 aliphatic rings. The van der Waals surface area contributed by atoms with Gasteiger partial charge in [0.25, 0.3) is 0 Å². The molecular formula is C6H6N4O. The van der Waals surface area contributed by atoms with Crippen molar-refractivity contribution in [2.24, 2.45) is 12.2 Å². The molecule has 0 spiro atoms. The Hall–Kier alpha value is -1.70. The summed E-state index contributed by atoms with van der Waals surface area (Å²) in [7, 11) is 1.66. The van der Waals surface area contributed by atoms with Gasteiger partial charge in [0.05, 0.1) is 5.69 Å². The molecule has 0 aliphatic carbocycles. The maximum absolute atomic E-state index is 10.1. The summed E-state index contributed by atoms with van der Waals surface area (Å²) in [6.07, 6.45) is 0. The Morgan fingerprint density at radius 2 is 2.36 bits per heavy atom. The molecule has 56 valence electrons. The lowest BCUT2D eigenvalue weighted by atomic mass is 10.5. The number of hydrogen-bond donors (Lipinski definition) is 0. The molecule has 0 radical (unpaired) electrons. The summed E-state index contributed by atoms with van der Waals surface area (Å²) in [6, 6.07) is 1.84. The minimum atomic E-state index is 0.0871. The van der Waals surface area contributed by atoms with Gasteiger partial charge in [-0.1, -0.05) is 0 Å². The van der Waals surface area contributed by atoms with Crippen LogP contribution in [0.2, 0.25) is 0 Å².